The second kappa shape index (κ2) is 12.5. The molecule has 35 heavy (non-hydrogen) atoms. The van der Waals surface area contributed by atoms with Gasteiger partial charge < -0.3 is 10.2 Å². The summed E-state index contributed by atoms with van der Waals surface area (Å²) in [5, 5.41) is 3.49. The molecule has 0 aliphatic heterocycles. The smallest absolute Gasteiger partial charge is 0.244 e. The Morgan fingerprint density at radius 1 is 0.971 bits per heavy atom. The number of hydrogen-bond donors (Lipinski definition) is 1. The van der Waals surface area contributed by atoms with Gasteiger partial charge in [-0.3, -0.25) is 13.9 Å². The fraction of sp³-hybridized carbons (Fsp3) is 0.391. The zero-order chi connectivity index (χ0) is 26.5. The lowest BCUT2D eigenvalue weighted by atomic mass is 10.1. The molecule has 1 unspecified atom stereocenters. The van der Waals surface area contributed by atoms with Gasteiger partial charge in [0.1, 0.15) is 12.6 Å². The topological polar surface area (TPSA) is 86.8 Å². The van der Waals surface area contributed by atoms with Crippen LogP contribution in [-0.4, -0.2) is 50.5 Å². The van der Waals surface area contributed by atoms with Crippen LogP contribution in [0.2, 0.25) is 20.1 Å². The first kappa shape index (κ1) is 29.5. The fourth-order valence-corrected chi connectivity index (χ4v) is 4.92. The van der Waals surface area contributed by atoms with Crippen LogP contribution in [0.15, 0.2) is 36.4 Å². The Kier molecular flexibility index (Phi) is 10.5. The second-order valence-electron chi connectivity index (χ2n) is 8.45. The van der Waals surface area contributed by atoms with E-state index in [2.05, 4.69) is 5.32 Å². The third kappa shape index (κ3) is 8.43. The lowest BCUT2D eigenvalue weighted by Crippen LogP contribution is -2.51. The average molecular weight is 583 g/mol. The average Bonchev–Trinajstić information content (AvgIpc) is 2.75. The monoisotopic (exact) mass is 581 g/mol. The van der Waals surface area contributed by atoms with E-state index in [1.165, 1.54) is 17.0 Å². The Bertz CT molecular complexity index is 1190. The Morgan fingerprint density at radius 3 is 2.17 bits per heavy atom. The summed E-state index contributed by atoms with van der Waals surface area (Å²) in [6, 6.07) is 8.52. The fourth-order valence-electron chi connectivity index (χ4n) is 3.17. The van der Waals surface area contributed by atoms with Crippen LogP contribution in [0.4, 0.5) is 5.69 Å². The maximum absolute atomic E-state index is 13.5. The Morgan fingerprint density at radius 2 is 1.60 bits per heavy atom. The third-order valence-electron chi connectivity index (χ3n) is 5.03. The van der Waals surface area contributed by atoms with Crippen molar-refractivity contribution in [1.82, 2.24) is 10.2 Å². The molecule has 0 spiro atoms. The quantitative estimate of drug-likeness (QED) is 0.387. The first-order chi connectivity index (χ1) is 16.2. The molecule has 0 fully saturated rings. The van der Waals surface area contributed by atoms with Crippen molar-refractivity contribution in [3.8, 4) is 0 Å². The van der Waals surface area contributed by atoms with Crippen molar-refractivity contribution in [2.45, 2.75) is 33.4 Å². The Labute approximate surface area is 226 Å². The third-order valence-corrected chi connectivity index (χ3v) is 7.42. The van der Waals surface area contributed by atoms with Crippen molar-refractivity contribution in [3.63, 3.8) is 0 Å². The van der Waals surface area contributed by atoms with Crippen LogP contribution in [-0.2, 0) is 26.2 Å². The summed E-state index contributed by atoms with van der Waals surface area (Å²) in [6.07, 6.45) is 0.944. The standard InChI is InChI=1S/C23H27Cl4N3O4S/c1-14(2)11-28-23(32)15(3)29(12-16-6-5-7-17(24)8-16)22(31)13-30(35(4,33)34)21-10-19(26)18(25)9-20(21)27/h5-10,14-15H,11-13H2,1-4H3,(H,28,32). The maximum atomic E-state index is 13.5. The van der Waals surface area contributed by atoms with E-state index in [0.717, 1.165) is 10.6 Å². The molecule has 1 N–H and O–H groups in total. The summed E-state index contributed by atoms with van der Waals surface area (Å²) in [6.45, 7) is 5.32. The molecule has 192 valence electrons. The molecule has 2 rings (SSSR count). The van der Waals surface area contributed by atoms with Crippen LogP contribution >= 0.6 is 46.4 Å². The molecule has 2 aromatic carbocycles. The number of rotatable bonds is 10. The molecule has 0 aromatic heterocycles. The minimum atomic E-state index is -3.97. The summed E-state index contributed by atoms with van der Waals surface area (Å²) in [7, 11) is -3.97. The SMILES string of the molecule is CC(C)CNC(=O)C(C)N(Cc1cccc(Cl)c1)C(=O)CN(c1cc(Cl)c(Cl)cc1Cl)S(C)(=O)=O. The van der Waals surface area contributed by atoms with E-state index in [1.54, 1.807) is 31.2 Å². The Balaban J connectivity index is 2.44. The summed E-state index contributed by atoms with van der Waals surface area (Å²) in [5.41, 5.74) is 0.671. The van der Waals surface area contributed by atoms with Crippen molar-refractivity contribution in [1.29, 1.82) is 0 Å². The maximum Gasteiger partial charge on any atom is 0.244 e. The molecule has 12 heteroatoms. The second-order valence-corrected chi connectivity index (χ2v) is 12.0. The van der Waals surface area contributed by atoms with Gasteiger partial charge in [-0.2, -0.15) is 0 Å². The lowest BCUT2D eigenvalue weighted by molar-refractivity contribution is -0.139. The summed E-state index contributed by atoms with van der Waals surface area (Å²) in [5.74, 6) is -0.780. The number of amides is 2. The highest BCUT2D eigenvalue weighted by Crippen LogP contribution is 2.35. The van der Waals surface area contributed by atoms with E-state index in [4.69, 9.17) is 46.4 Å². The highest BCUT2D eigenvalue weighted by Gasteiger charge is 2.31. The number of hydrogen-bond acceptors (Lipinski definition) is 4. The van der Waals surface area contributed by atoms with Gasteiger partial charge in [0.2, 0.25) is 21.8 Å². The molecule has 7 nitrogen and oxygen atoms in total. The van der Waals surface area contributed by atoms with Crippen molar-refractivity contribution >= 4 is 73.9 Å². The molecule has 0 aliphatic carbocycles. The van der Waals surface area contributed by atoms with Crippen molar-refractivity contribution in [3.05, 3.63) is 62.1 Å². The number of nitrogens with one attached hydrogen (secondary N) is 1. The van der Waals surface area contributed by atoms with Crippen molar-refractivity contribution in [2.75, 3.05) is 23.7 Å². The summed E-state index contributed by atoms with van der Waals surface area (Å²) >= 11 is 24.4. The zero-order valence-corrected chi connectivity index (χ0v) is 23.5. The predicted octanol–water partition coefficient (Wildman–Crippen LogP) is 5.26. The minimum absolute atomic E-state index is 0.00161. The van der Waals surface area contributed by atoms with Crippen LogP contribution in [0.25, 0.3) is 0 Å². The molecule has 0 aliphatic rings. The molecular formula is C23H27Cl4N3O4S. The molecule has 0 bridgehead atoms. The lowest BCUT2D eigenvalue weighted by Gasteiger charge is -2.32. The molecule has 0 heterocycles. The van der Waals surface area contributed by atoms with E-state index in [0.29, 0.717) is 17.1 Å². The normalized spacial score (nSPS) is 12.4. The number of nitrogens with zero attached hydrogens (tertiary/aromatic N) is 2. The largest absolute Gasteiger partial charge is 0.354 e. The van der Waals surface area contributed by atoms with E-state index >= 15 is 0 Å². The van der Waals surface area contributed by atoms with E-state index < -0.39 is 28.5 Å². The van der Waals surface area contributed by atoms with Gasteiger partial charge in [0, 0.05) is 18.1 Å². The van der Waals surface area contributed by atoms with Gasteiger partial charge in [0.25, 0.3) is 0 Å². The number of carbonyl (C=O) groups is 2. The van der Waals surface area contributed by atoms with Crippen LogP contribution in [0.5, 0.6) is 0 Å². The van der Waals surface area contributed by atoms with Gasteiger partial charge in [-0.05, 0) is 42.7 Å². The minimum Gasteiger partial charge on any atom is -0.354 e. The van der Waals surface area contributed by atoms with Gasteiger partial charge in [-0.1, -0.05) is 72.4 Å². The van der Waals surface area contributed by atoms with E-state index in [-0.39, 0.29) is 39.1 Å². The van der Waals surface area contributed by atoms with E-state index in [1.807, 2.05) is 13.8 Å². The van der Waals surface area contributed by atoms with Crippen molar-refractivity contribution < 1.29 is 18.0 Å². The number of halogens is 4. The molecule has 1 atom stereocenters. The van der Waals surface area contributed by atoms with Gasteiger partial charge in [0.05, 0.1) is 27.0 Å². The zero-order valence-electron chi connectivity index (χ0n) is 19.7. The number of sulfonamides is 1. The molecule has 0 saturated carbocycles. The predicted molar refractivity (Wildman–Crippen MR) is 143 cm³/mol. The first-order valence-electron chi connectivity index (χ1n) is 10.6. The van der Waals surface area contributed by atoms with Gasteiger partial charge in [-0.25, -0.2) is 8.42 Å². The first-order valence-corrected chi connectivity index (χ1v) is 14.0. The summed E-state index contributed by atoms with van der Waals surface area (Å²) < 4.78 is 26.1. The molecular weight excluding hydrogens is 556 g/mol. The Hall–Kier alpha value is -1.71. The van der Waals surface area contributed by atoms with Crippen LogP contribution < -0.4 is 9.62 Å². The van der Waals surface area contributed by atoms with Gasteiger partial charge >= 0.3 is 0 Å². The number of benzene rings is 2. The van der Waals surface area contributed by atoms with Crippen molar-refractivity contribution in [2.24, 2.45) is 5.92 Å². The highest BCUT2D eigenvalue weighted by molar-refractivity contribution is 7.92. The molecule has 0 saturated heterocycles. The number of carbonyl (C=O) groups excluding carboxylic acids is 2. The molecule has 2 aromatic rings. The van der Waals surface area contributed by atoms with Gasteiger partial charge in [-0.15, -0.1) is 0 Å². The number of anilines is 1. The van der Waals surface area contributed by atoms with Gasteiger partial charge in [0.15, 0.2) is 0 Å². The van der Waals surface area contributed by atoms with E-state index in [9.17, 15) is 18.0 Å². The van der Waals surface area contributed by atoms with Crippen LogP contribution in [0, 0.1) is 5.92 Å². The molecule has 2 amide bonds. The summed E-state index contributed by atoms with van der Waals surface area (Å²) in [4.78, 5) is 27.6. The highest BCUT2D eigenvalue weighted by atomic mass is 35.5. The van der Waals surface area contributed by atoms with Crippen LogP contribution in [0.3, 0.4) is 0 Å². The van der Waals surface area contributed by atoms with Crippen LogP contribution in [0.1, 0.15) is 26.3 Å². The molecule has 0 radical (unpaired) electrons.